The van der Waals surface area contributed by atoms with Gasteiger partial charge in [0.05, 0.1) is 10.8 Å². The van der Waals surface area contributed by atoms with E-state index in [0.29, 0.717) is 24.2 Å². The summed E-state index contributed by atoms with van der Waals surface area (Å²) in [4.78, 5) is 19.9. The molecule has 0 saturated carbocycles. The maximum absolute atomic E-state index is 12.6. The minimum atomic E-state index is 0.0960. The first-order chi connectivity index (χ1) is 13.1. The van der Waals surface area contributed by atoms with Crippen molar-refractivity contribution in [3.63, 3.8) is 0 Å². The van der Waals surface area contributed by atoms with E-state index in [9.17, 15) is 4.79 Å². The molecule has 1 aliphatic rings. The molecule has 0 radical (unpaired) electrons. The van der Waals surface area contributed by atoms with E-state index in [1.165, 1.54) is 16.9 Å². The van der Waals surface area contributed by atoms with Crippen LogP contribution in [-0.2, 0) is 0 Å². The second kappa shape index (κ2) is 7.64. The van der Waals surface area contributed by atoms with Gasteiger partial charge in [0.25, 0.3) is 5.91 Å². The van der Waals surface area contributed by atoms with Crippen molar-refractivity contribution in [3.05, 3.63) is 58.1 Å². The monoisotopic (exact) mass is 381 g/mol. The molecule has 1 atom stereocenters. The third-order valence-corrected chi connectivity index (χ3v) is 5.92. The van der Waals surface area contributed by atoms with Crippen LogP contribution in [0.25, 0.3) is 11.4 Å². The Bertz CT molecular complexity index is 900. The maximum atomic E-state index is 12.6. The maximum Gasteiger partial charge on any atom is 0.263 e. The van der Waals surface area contributed by atoms with Crippen LogP contribution in [0.1, 0.15) is 59.7 Å². The summed E-state index contributed by atoms with van der Waals surface area (Å²) in [5, 5.41) is 6.10. The topological polar surface area (TPSA) is 59.2 Å². The van der Waals surface area contributed by atoms with Crippen molar-refractivity contribution in [1.82, 2.24) is 15.0 Å². The average Bonchev–Trinajstić information content (AvgIpc) is 3.40. The van der Waals surface area contributed by atoms with E-state index in [1.54, 1.807) is 0 Å². The van der Waals surface area contributed by atoms with E-state index in [0.717, 1.165) is 29.8 Å². The molecule has 4 rings (SSSR count). The Morgan fingerprint density at radius 1 is 1.26 bits per heavy atom. The lowest BCUT2D eigenvalue weighted by Gasteiger charge is -2.30. The van der Waals surface area contributed by atoms with Gasteiger partial charge in [0.1, 0.15) is 0 Å². The third kappa shape index (κ3) is 3.81. The molecular weight excluding hydrogens is 358 g/mol. The number of aromatic nitrogens is 2. The molecule has 0 N–H and O–H groups in total. The van der Waals surface area contributed by atoms with Crippen molar-refractivity contribution in [2.24, 2.45) is 0 Å². The van der Waals surface area contributed by atoms with Gasteiger partial charge in [-0.25, -0.2) is 0 Å². The average molecular weight is 382 g/mol. The molecule has 140 valence electrons. The fourth-order valence-corrected chi connectivity index (χ4v) is 4.15. The number of hydrogen-bond acceptors (Lipinski definition) is 5. The summed E-state index contributed by atoms with van der Waals surface area (Å²) in [6.07, 6.45) is 1.91. The normalized spacial score (nSPS) is 17.4. The number of benzene rings is 1. The molecule has 0 aliphatic carbocycles. The predicted octanol–water partition coefficient (Wildman–Crippen LogP) is 4.94. The van der Waals surface area contributed by atoms with Gasteiger partial charge in [-0.15, -0.1) is 11.3 Å². The Labute approximate surface area is 163 Å². The lowest BCUT2D eigenvalue weighted by molar-refractivity contribution is 0.0700. The second-order valence-electron chi connectivity index (χ2n) is 7.30. The highest BCUT2D eigenvalue weighted by Crippen LogP contribution is 2.29. The van der Waals surface area contributed by atoms with Gasteiger partial charge in [-0.3, -0.25) is 4.79 Å². The summed E-state index contributed by atoms with van der Waals surface area (Å²) in [6, 6.07) is 12.1. The van der Waals surface area contributed by atoms with Crippen LogP contribution < -0.4 is 0 Å². The smallest absolute Gasteiger partial charge is 0.263 e. The number of likely N-dealkylation sites (tertiary alicyclic amines) is 1. The van der Waals surface area contributed by atoms with E-state index in [4.69, 9.17) is 4.52 Å². The minimum Gasteiger partial charge on any atom is -0.339 e. The Hall–Kier alpha value is -2.47. The largest absolute Gasteiger partial charge is 0.339 e. The van der Waals surface area contributed by atoms with E-state index >= 15 is 0 Å². The highest BCUT2D eigenvalue weighted by molar-refractivity contribution is 7.12. The van der Waals surface area contributed by atoms with Gasteiger partial charge in [0, 0.05) is 18.7 Å². The molecule has 1 aromatic carbocycles. The fraction of sp³-hybridized carbons (Fsp3) is 0.381. The molecule has 1 fully saturated rings. The van der Waals surface area contributed by atoms with Crippen LogP contribution in [0, 0.1) is 0 Å². The zero-order valence-corrected chi connectivity index (χ0v) is 16.4. The van der Waals surface area contributed by atoms with Gasteiger partial charge in [-0.05, 0) is 35.8 Å². The van der Waals surface area contributed by atoms with Crippen LogP contribution in [0.2, 0.25) is 0 Å². The number of carbonyl (C=O) groups excluding carboxylic acids is 1. The van der Waals surface area contributed by atoms with E-state index in [1.807, 2.05) is 34.5 Å². The van der Waals surface area contributed by atoms with Crippen molar-refractivity contribution in [1.29, 1.82) is 0 Å². The van der Waals surface area contributed by atoms with E-state index in [-0.39, 0.29) is 11.8 Å². The Morgan fingerprint density at radius 2 is 2.07 bits per heavy atom. The molecule has 2 aromatic heterocycles. The number of amides is 1. The summed E-state index contributed by atoms with van der Waals surface area (Å²) in [7, 11) is 0. The quantitative estimate of drug-likeness (QED) is 0.642. The number of hydrogen-bond donors (Lipinski definition) is 0. The molecule has 5 nitrogen and oxygen atoms in total. The number of piperidine rings is 1. The lowest BCUT2D eigenvalue weighted by atomic mass is 9.97. The molecule has 0 spiro atoms. The SMILES string of the molecule is CC(C)c1ccc(-c2noc([C@H]3CCCN(C(=O)c4cccs4)C3)n2)cc1. The van der Waals surface area contributed by atoms with E-state index in [2.05, 4.69) is 36.1 Å². The first-order valence-corrected chi connectivity index (χ1v) is 10.3. The van der Waals surface area contributed by atoms with Gasteiger partial charge < -0.3 is 9.42 Å². The molecule has 0 bridgehead atoms. The molecular formula is C21H23N3O2S. The van der Waals surface area contributed by atoms with Crippen LogP contribution in [0.5, 0.6) is 0 Å². The number of nitrogens with zero attached hydrogens (tertiary/aromatic N) is 3. The highest BCUT2D eigenvalue weighted by Gasteiger charge is 2.29. The summed E-state index contributed by atoms with van der Waals surface area (Å²) in [6.45, 7) is 5.76. The first-order valence-electron chi connectivity index (χ1n) is 9.38. The van der Waals surface area contributed by atoms with Gasteiger partial charge in [-0.1, -0.05) is 49.3 Å². The third-order valence-electron chi connectivity index (χ3n) is 5.07. The fourth-order valence-electron chi connectivity index (χ4n) is 3.45. The van der Waals surface area contributed by atoms with Gasteiger partial charge in [-0.2, -0.15) is 4.98 Å². The van der Waals surface area contributed by atoms with E-state index < -0.39 is 0 Å². The number of thiophene rings is 1. The molecule has 6 heteroatoms. The zero-order valence-electron chi connectivity index (χ0n) is 15.6. The Morgan fingerprint density at radius 3 is 2.78 bits per heavy atom. The summed E-state index contributed by atoms with van der Waals surface area (Å²) < 4.78 is 5.56. The zero-order chi connectivity index (χ0) is 18.8. The minimum absolute atomic E-state index is 0.0960. The first kappa shape index (κ1) is 17.9. The molecule has 27 heavy (non-hydrogen) atoms. The van der Waals surface area contributed by atoms with Crippen molar-refractivity contribution in [2.45, 2.75) is 38.5 Å². The Kier molecular flexibility index (Phi) is 5.07. The summed E-state index contributed by atoms with van der Waals surface area (Å²) in [5.41, 5.74) is 2.24. The van der Waals surface area contributed by atoms with Crippen molar-refractivity contribution >= 4 is 17.2 Å². The second-order valence-corrected chi connectivity index (χ2v) is 8.25. The molecule has 1 saturated heterocycles. The molecule has 3 aromatic rings. The Balaban J connectivity index is 1.48. The lowest BCUT2D eigenvalue weighted by Crippen LogP contribution is -2.38. The van der Waals surface area contributed by atoms with Gasteiger partial charge >= 0.3 is 0 Å². The van der Waals surface area contributed by atoms with Crippen LogP contribution in [0.3, 0.4) is 0 Å². The number of carbonyl (C=O) groups is 1. The standard InChI is InChI=1S/C21H23N3O2S/c1-14(2)15-7-9-16(10-8-15)19-22-20(26-23-19)17-5-3-11-24(13-17)21(25)18-6-4-12-27-18/h4,6-10,12,14,17H,3,5,11,13H2,1-2H3/t17-/m0/s1. The van der Waals surface area contributed by atoms with Crippen molar-refractivity contribution in [2.75, 3.05) is 13.1 Å². The predicted molar refractivity (Wildman–Crippen MR) is 106 cm³/mol. The van der Waals surface area contributed by atoms with Crippen LogP contribution in [0.15, 0.2) is 46.3 Å². The summed E-state index contributed by atoms with van der Waals surface area (Å²) >= 11 is 1.48. The summed E-state index contributed by atoms with van der Waals surface area (Å²) in [5.74, 6) is 1.93. The van der Waals surface area contributed by atoms with Gasteiger partial charge in [0.15, 0.2) is 0 Å². The highest BCUT2D eigenvalue weighted by atomic mass is 32.1. The van der Waals surface area contributed by atoms with Crippen LogP contribution in [-0.4, -0.2) is 34.0 Å². The molecule has 1 aliphatic heterocycles. The van der Waals surface area contributed by atoms with Crippen molar-refractivity contribution < 1.29 is 9.32 Å². The molecule has 1 amide bonds. The van der Waals surface area contributed by atoms with Crippen molar-refractivity contribution in [3.8, 4) is 11.4 Å². The number of rotatable bonds is 4. The molecule has 0 unspecified atom stereocenters. The van der Waals surface area contributed by atoms with Crippen LogP contribution >= 0.6 is 11.3 Å². The molecule has 3 heterocycles. The van der Waals surface area contributed by atoms with Crippen LogP contribution in [0.4, 0.5) is 0 Å². The van der Waals surface area contributed by atoms with Gasteiger partial charge in [0.2, 0.25) is 11.7 Å².